The van der Waals surface area contributed by atoms with Crippen LogP contribution >= 0.6 is 22.7 Å². The van der Waals surface area contributed by atoms with Crippen molar-refractivity contribution in [3.63, 3.8) is 0 Å². The number of nitrogens with zero attached hydrogens (tertiary/aromatic N) is 8. The van der Waals surface area contributed by atoms with E-state index >= 15 is 0 Å². The number of halogens is 1. The fourth-order valence-electron chi connectivity index (χ4n) is 6.44. The average molecular weight is 750 g/mol. The summed E-state index contributed by atoms with van der Waals surface area (Å²) in [6.07, 6.45) is 17.2. The Bertz CT molecular complexity index is 2230. The van der Waals surface area contributed by atoms with Crippen LogP contribution in [0.15, 0.2) is 79.1 Å². The minimum Gasteiger partial charge on any atom is -0.353 e. The van der Waals surface area contributed by atoms with Crippen LogP contribution in [0.2, 0.25) is 0 Å². The minimum atomic E-state index is -0.833. The Morgan fingerprint density at radius 3 is 2.04 bits per heavy atom. The van der Waals surface area contributed by atoms with Gasteiger partial charge in [-0.1, -0.05) is 18.9 Å². The van der Waals surface area contributed by atoms with Crippen molar-refractivity contribution >= 4 is 46.4 Å². The summed E-state index contributed by atoms with van der Waals surface area (Å²) in [7, 11) is 0. The summed E-state index contributed by atoms with van der Waals surface area (Å²) in [5.41, 5.74) is 4.55. The molecule has 2 aliphatic carbocycles. The third-order valence-corrected chi connectivity index (χ3v) is 11.7. The number of aromatic nitrogens is 8. The van der Waals surface area contributed by atoms with E-state index in [1.165, 1.54) is 29.0 Å². The average Bonchev–Trinajstić information content (AvgIpc) is 3.86. The summed E-state index contributed by atoms with van der Waals surface area (Å²) < 4.78 is 14.5. The van der Waals surface area contributed by atoms with Gasteiger partial charge in [-0.25, -0.2) is 39.1 Å². The molecule has 2 fully saturated rings. The van der Waals surface area contributed by atoms with E-state index < -0.39 is 17.3 Å². The quantitative estimate of drug-likeness (QED) is 0.124. The number of amides is 1. The fraction of sp³-hybridized carbons (Fsp3) is 0.278. The molecule has 0 aliphatic heterocycles. The second-order valence-corrected chi connectivity index (χ2v) is 14.9. The van der Waals surface area contributed by atoms with Gasteiger partial charge in [-0.3, -0.25) is 14.8 Å². The number of carbonyl (C=O) groups excluding carboxylic acids is 2. The second-order valence-electron chi connectivity index (χ2n) is 13.0. The molecule has 6 aromatic heterocycles. The number of nitrogens with one attached hydrogen (secondary N) is 3. The molecule has 0 atom stereocenters. The molecule has 3 N–H and O–H groups in total. The van der Waals surface area contributed by atoms with Crippen molar-refractivity contribution in [1.82, 2.24) is 45.4 Å². The SMILES string of the molecule is O=C(ONC(=O)c1cnc(-c2cnc(NCC3(c4ccccn4)CCC3)nc2)s1)c1csc(-c2cnc(NCC3(c4ncccc4F)CCC3)nc2)n1. The van der Waals surface area contributed by atoms with Crippen LogP contribution in [0.25, 0.3) is 21.1 Å². The number of rotatable bonds is 12. The van der Waals surface area contributed by atoms with Crippen LogP contribution < -0.4 is 16.1 Å². The van der Waals surface area contributed by atoms with Gasteiger partial charge in [-0.15, -0.1) is 22.7 Å². The normalized spacial score (nSPS) is 15.4. The first-order chi connectivity index (χ1) is 25.9. The van der Waals surface area contributed by atoms with Crippen molar-refractivity contribution in [2.24, 2.45) is 0 Å². The Hall–Kier alpha value is -5.81. The van der Waals surface area contributed by atoms with Crippen LogP contribution in [0.3, 0.4) is 0 Å². The zero-order valence-corrected chi connectivity index (χ0v) is 29.8. The number of thiazole rings is 2. The summed E-state index contributed by atoms with van der Waals surface area (Å²) in [6, 6.07) is 9.01. The molecule has 17 heteroatoms. The summed E-state index contributed by atoms with van der Waals surface area (Å²) in [6.45, 7) is 1.14. The third-order valence-electron chi connectivity index (χ3n) is 9.74. The minimum absolute atomic E-state index is 0.0101. The molecular weight excluding hydrogens is 718 g/mol. The van der Waals surface area contributed by atoms with Crippen LogP contribution in [0.1, 0.15) is 70.1 Å². The summed E-state index contributed by atoms with van der Waals surface area (Å²) in [4.78, 5) is 65.9. The molecule has 6 heterocycles. The van der Waals surface area contributed by atoms with Crippen molar-refractivity contribution in [3.05, 3.63) is 107 Å². The molecule has 1 amide bonds. The Balaban J connectivity index is 0.819. The molecule has 0 spiro atoms. The van der Waals surface area contributed by atoms with Gasteiger partial charge in [0.05, 0.1) is 11.9 Å². The van der Waals surface area contributed by atoms with E-state index in [1.807, 2.05) is 18.3 Å². The molecule has 0 unspecified atom stereocenters. The molecule has 8 rings (SSSR count). The van der Waals surface area contributed by atoms with Gasteiger partial charge in [0.1, 0.15) is 20.7 Å². The molecule has 2 saturated carbocycles. The maximum absolute atomic E-state index is 14.5. The second kappa shape index (κ2) is 14.7. The summed E-state index contributed by atoms with van der Waals surface area (Å²) >= 11 is 2.31. The molecule has 53 heavy (non-hydrogen) atoms. The maximum atomic E-state index is 14.5. The fourth-order valence-corrected chi connectivity index (χ4v) is 7.99. The predicted octanol–water partition coefficient (Wildman–Crippen LogP) is 6.01. The number of anilines is 2. The molecule has 268 valence electrons. The highest BCUT2D eigenvalue weighted by molar-refractivity contribution is 7.16. The number of hydrogen-bond donors (Lipinski definition) is 3. The van der Waals surface area contributed by atoms with Crippen molar-refractivity contribution < 1.29 is 18.8 Å². The monoisotopic (exact) mass is 749 g/mol. The van der Waals surface area contributed by atoms with Crippen LogP contribution in [-0.4, -0.2) is 64.8 Å². The molecule has 0 radical (unpaired) electrons. The largest absolute Gasteiger partial charge is 0.382 e. The lowest BCUT2D eigenvalue weighted by Crippen LogP contribution is -2.42. The molecule has 0 aromatic carbocycles. The molecule has 0 bridgehead atoms. The van der Waals surface area contributed by atoms with E-state index in [0.717, 1.165) is 55.6 Å². The first-order valence-corrected chi connectivity index (χ1v) is 18.7. The first-order valence-electron chi connectivity index (χ1n) is 17.0. The van der Waals surface area contributed by atoms with Gasteiger partial charge in [0.2, 0.25) is 11.9 Å². The van der Waals surface area contributed by atoms with E-state index in [1.54, 1.807) is 37.1 Å². The smallest absolute Gasteiger partial charge is 0.353 e. The summed E-state index contributed by atoms with van der Waals surface area (Å²) in [5, 5.41) is 9.10. The highest BCUT2D eigenvalue weighted by Crippen LogP contribution is 2.44. The summed E-state index contributed by atoms with van der Waals surface area (Å²) in [5.74, 6) is -0.894. The Labute approximate surface area is 310 Å². The highest BCUT2D eigenvalue weighted by atomic mass is 32.1. The lowest BCUT2D eigenvalue weighted by Gasteiger charge is -2.41. The number of hydrogen-bond acceptors (Lipinski definition) is 15. The first kappa shape index (κ1) is 34.3. The Morgan fingerprint density at radius 1 is 0.755 bits per heavy atom. The number of carbonyl (C=O) groups is 2. The van der Waals surface area contributed by atoms with Gasteiger partial charge in [0.25, 0.3) is 5.91 Å². The van der Waals surface area contributed by atoms with Gasteiger partial charge in [0.15, 0.2) is 5.69 Å². The topological polar surface area (TPSA) is 183 Å². The predicted molar refractivity (Wildman–Crippen MR) is 196 cm³/mol. The van der Waals surface area contributed by atoms with Gasteiger partial charge in [0, 0.05) is 83.3 Å². The molecule has 0 saturated heterocycles. The number of pyridine rings is 2. The van der Waals surface area contributed by atoms with Crippen LogP contribution in [0, 0.1) is 5.82 Å². The van der Waals surface area contributed by atoms with E-state index in [-0.39, 0.29) is 21.8 Å². The van der Waals surface area contributed by atoms with Crippen molar-refractivity contribution in [1.29, 1.82) is 0 Å². The standard InChI is InChI=1S/C36H32FN11O3S2/c37-24-6-3-13-39-28(24)36(10-5-11-36)21-46-34-43-16-23(17-44-34)31-47-25(19-52-31)32(50)51-48-29(49)26-18-40-30(53-26)22-14-41-33(42-15-22)45-20-35(8-4-9-35)27-7-1-2-12-38-27/h1-3,6-7,12-19H,4-5,8-11,20-21H2,(H,48,49)(H,41,42,45)(H,43,44,46). The van der Waals surface area contributed by atoms with Crippen molar-refractivity contribution in [3.8, 4) is 21.1 Å². The van der Waals surface area contributed by atoms with E-state index in [9.17, 15) is 14.0 Å². The molecule has 2 aliphatic rings. The van der Waals surface area contributed by atoms with Crippen LogP contribution in [0.4, 0.5) is 16.3 Å². The molecule has 14 nitrogen and oxygen atoms in total. The van der Waals surface area contributed by atoms with Gasteiger partial charge < -0.3 is 15.5 Å². The van der Waals surface area contributed by atoms with Gasteiger partial charge in [-0.2, -0.15) is 5.48 Å². The maximum Gasteiger partial charge on any atom is 0.382 e. The lowest BCUT2D eigenvalue weighted by atomic mass is 9.66. The van der Waals surface area contributed by atoms with Crippen LogP contribution in [0.5, 0.6) is 0 Å². The highest BCUT2D eigenvalue weighted by Gasteiger charge is 2.42. The van der Waals surface area contributed by atoms with E-state index in [4.69, 9.17) is 4.84 Å². The van der Waals surface area contributed by atoms with E-state index in [2.05, 4.69) is 62.1 Å². The van der Waals surface area contributed by atoms with Crippen molar-refractivity contribution in [2.45, 2.75) is 49.4 Å². The van der Waals surface area contributed by atoms with Gasteiger partial charge in [-0.05, 0) is 49.9 Å². The molecular formula is C36H32FN11O3S2. The molecule has 6 aromatic rings. The lowest BCUT2D eigenvalue weighted by molar-refractivity contribution is 0.0227. The van der Waals surface area contributed by atoms with Gasteiger partial charge >= 0.3 is 5.97 Å². The zero-order chi connectivity index (χ0) is 36.3. The Morgan fingerprint density at radius 2 is 1.42 bits per heavy atom. The Kier molecular flexibility index (Phi) is 9.49. The van der Waals surface area contributed by atoms with Crippen molar-refractivity contribution in [2.75, 3.05) is 23.7 Å². The third kappa shape index (κ3) is 7.17. The van der Waals surface area contributed by atoms with E-state index in [0.29, 0.717) is 51.8 Å². The number of hydroxylamine groups is 1. The zero-order valence-electron chi connectivity index (χ0n) is 28.2. The van der Waals surface area contributed by atoms with Crippen LogP contribution in [-0.2, 0) is 15.7 Å².